The van der Waals surface area contributed by atoms with Gasteiger partial charge in [0, 0.05) is 6.04 Å². The van der Waals surface area contributed by atoms with E-state index in [1.807, 2.05) is 0 Å². The van der Waals surface area contributed by atoms with Gasteiger partial charge in [-0.05, 0) is 42.7 Å². The second-order valence-corrected chi connectivity index (χ2v) is 5.48. The van der Waals surface area contributed by atoms with Crippen molar-refractivity contribution in [3.63, 3.8) is 0 Å². The summed E-state index contributed by atoms with van der Waals surface area (Å²) < 4.78 is 0. The van der Waals surface area contributed by atoms with Crippen molar-refractivity contribution in [3.8, 4) is 0 Å². The van der Waals surface area contributed by atoms with Gasteiger partial charge in [0.25, 0.3) is 0 Å². The van der Waals surface area contributed by atoms with Gasteiger partial charge in [-0.2, -0.15) is 0 Å². The highest BCUT2D eigenvalue weighted by atomic mass is 14.6. The Morgan fingerprint density at radius 3 is 2.53 bits per heavy atom. The molecular formula is C16H23N. The summed E-state index contributed by atoms with van der Waals surface area (Å²) in [5.74, 6) is 0.611. The molecule has 0 aliphatic heterocycles. The minimum absolute atomic E-state index is 0.380. The fourth-order valence-electron chi connectivity index (χ4n) is 2.48. The van der Waals surface area contributed by atoms with Crippen LogP contribution >= 0.6 is 0 Å². The Balaban J connectivity index is 2.09. The van der Waals surface area contributed by atoms with E-state index in [9.17, 15) is 0 Å². The van der Waals surface area contributed by atoms with E-state index >= 15 is 0 Å². The van der Waals surface area contributed by atoms with Gasteiger partial charge in [0.05, 0.1) is 0 Å². The van der Waals surface area contributed by atoms with Gasteiger partial charge in [-0.3, -0.25) is 0 Å². The van der Waals surface area contributed by atoms with Crippen LogP contribution in [-0.4, -0.2) is 6.04 Å². The molecule has 1 heteroatoms. The van der Waals surface area contributed by atoms with Crippen LogP contribution in [0.15, 0.2) is 29.8 Å². The van der Waals surface area contributed by atoms with Crippen molar-refractivity contribution in [3.05, 3.63) is 41.0 Å². The molecule has 0 bridgehead atoms. The normalized spacial score (nSPS) is 23.3. The van der Waals surface area contributed by atoms with Crippen LogP contribution in [0.25, 0.3) is 6.08 Å². The van der Waals surface area contributed by atoms with Gasteiger partial charge in [0.1, 0.15) is 0 Å². The zero-order valence-corrected chi connectivity index (χ0v) is 10.9. The van der Waals surface area contributed by atoms with Crippen LogP contribution in [0.1, 0.15) is 56.6 Å². The molecule has 0 radical (unpaired) electrons. The van der Waals surface area contributed by atoms with Crippen LogP contribution in [0.4, 0.5) is 0 Å². The third-order valence-electron chi connectivity index (χ3n) is 3.57. The third-order valence-corrected chi connectivity index (χ3v) is 3.57. The molecule has 1 nitrogen and oxygen atoms in total. The summed E-state index contributed by atoms with van der Waals surface area (Å²) in [7, 11) is 0. The Labute approximate surface area is 105 Å². The molecule has 17 heavy (non-hydrogen) atoms. The van der Waals surface area contributed by atoms with Crippen molar-refractivity contribution in [2.75, 3.05) is 0 Å². The first kappa shape index (κ1) is 12.4. The highest BCUT2D eigenvalue weighted by Gasteiger charge is 2.12. The predicted molar refractivity (Wildman–Crippen MR) is 75.0 cm³/mol. The van der Waals surface area contributed by atoms with E-state index in [0.29, 0.717) is 12.0 Å². The average molecular weight is 229 g/mol. The average Bonchev–Trinajstić information content (AvgIpc) is 2.29. The summed E-state index contributed by atoms with van der Waals surface area (Å²) in [5, 5.41) is 0. The van der Waals surface area contributed by atoms with Gasteiger partial charge < -0.3 is 5.73 Å². The van der Waals surface area contributed by atoms with E-state index in [1.165, 1.54) is 36.0 Å². The van der Waals surface area contributed by atoms with Gasteiger partial charge in [0.2, 0.25) is 0 Å². The van der Waals surface area contributed by atoms with E-state index in [0.717, 1.165) is 6.42 Å². The zero-order valence-electron chi connectivity index (χ0n) is 10.9. The number of benzene rings is 1. The number of hydrogen-bond acceptors (Lipinski definition) is 1. The Hall–Kier alpha value is -1.08. The summed E-state index contributed by atoms with van der Waals surface area (Å²) in [6, 6.07) is 9.30. The fourth-order valence-corrected chi connectivity index (χ4v) is 2.48. The van der Waals surface area contributed by atoms with Crippen LogP contribution in [0, 0.1) is 0 Å². The molecule has 1 aromatic rings. The lowest BCUT2D eigenvalue weighted by atomic mass is 9.90. The Bertz CT molecular complexity index is 386. The first-order chi connectivity index (χ1) is 8.15. The molecule has 1 unspecified atom stereocenters. The summed E-state index contributed by atoms with van der Waals surface area (Å²) in [6.07, 6.45) is 7.05. The van der Waals surface area contributed by atoms with E-state index in [1.54, 1.807) is 0 Å². The molecule has 2 N–H and O–H groups in total. The largest absolute Gasteiger partial charge is 0.327 e. The Morgan fingerprint density at radius 2 is 1.94 bits per heavy atom. The molecule has 2 rings (SSSR count). The quantitative estimate of drug-likeness (QED) is 0.812. The van der Waals surface area contributed by atoms with Crippen LogP contribution in [0.2, 0.25) is 0 Å². The first-order valence-electron chi connectivity index (χ1n) is 6.70. The highest BCUT2D eigenvalue weighted by molar-refractivity contribution is 5.53. The summed E-state index contributed by atoms with van der Waals surface area (Å²) in [5.41, 5.74) is 10.2. The maximum absolute atomic E-state index is 6.00. The van der Waals surface area contributed by atoms with Crippen molar-refractivity contribution in [2.24, 2.45) is 5.73 Å². The zero-order chi connectivity index (χ0) is 12.3. The van der Waals surface area contributed by atoms with Crippen LogP contribution in [-0.2, 0) is 0 Å². The van der Waals surface area contributed by atoms with Crippen molar-refractivity contribution >= 4 is 6.08 Å². The van der Waals surface area contributed by atoms with Crippen molar-refractivity contribution in [1.29, 1.82) is 0 Å². The topological polar surface area (TPSA) is 26.0 Å². The SMILES string of the molecule is CC(C)c1ccc(/C=C2\CCCC(N)C2)cc1. The lowest BCUT2D eigenvalue weighted by molar-refractivity contribution is 0.520. The predicted octanol–water partition coefficient (Wildman–Crippen LogP) is 4.09. The van der Waals surface area contributed by atoms with Gasteiger partial charge in [-0.15, -0.1) is 0 Å². The van der Waals surface area contributed by atoms with Gasteiger partial charge >= 0.3 is 0 Å². The lowest BCUT2D eigenvalue weighted by Crippen LogP contribution is -2.23. The van der Waals surface area contributed by atoms with Crippen molar-refractivity contribution in [2.45, 2.75) is 51.5 Å². The molecule has 1 atom stereocenters. The van der Waals surface area contributed by atoms with Crippen LogP contribution in [0.5, 0.6) is 0 Å². The number of hydrogen-bond donors (Lipinski definition) is 1. The fraction of sp³-hybridized carbons (Fsp3) is 0.500. The molecule has 1 aromatic carbocycles. The lowest BCUT2D eigenvalue weighted by Gasteiger charge is -2.20. The molecule has 1 aliphatic rings. The maximum Gasteiger partial charge on any atom is 0.00763 e. The van der Waals surface area contributed by atoms with Gasteiger partial charge in [-0.1, -0.05) is 49.8 Å². The number of rotatable bonds is 2. The second kappa shape index (κ2) is 5.50. The first-order valence-corrected chi connectivity index (χ1v) is 6.70. The molecule has 0 aromatic heterocycles. The van der Waals surface area contributed by atoms with E-state index < -0.39 is 0 Å². The van der Waals surface area contributed by atoms with E-state index in [4.69, 9.17) is 5.73 Å². The molecule has 1 aliphatic carbocycles. The smallest absolute Gasteiger partial charge is 0.00763 e. The second-order valence-electron chi connectivity index (χ2n) is 5.48. The van der Waals surface area contributed by atoms with Crippen LogP contribution < -0.4 is 5.73 Å². The monoisotopic (exact) mass is 229 g/mol. The highest BCUT2D eigenvalue weighted by Crippen LogP contribution is 2.25. The molecule has 1 saturated carbocycles. The molecule has 92 valence electrons. The summed E-state index contributed by atoms with van der Waals surface area (Å²) >= 11 is 0. The molecule has 0 saturated heterocycles. The van der Waals surface area contributed by atoms with E-state index in [-0.39, 0.29) is 0 Å². The van der Waals surface area contributed by atoms with Gasteiger partial charge in [-0.25, -0.2) is 0 Å². The maximum atomic E-state index is 6.00. The molecule has 0 amide bonds. The van der Waals surface area contributed by atoms with Crippen molar-refractivity contribution in [1.82, 2.24) is 0 Å². The third kappa shape index (κ3) is 3.44. The molecule has 0 spiro atoms. The molecule has 0 heterocycles. The number of nitrogens with two attached hydrogens (primary N) is 1. The Morgan fingerprint density at radius 1 is 1.24 bits per heavy atom. The minimum atomic E-state index is 0.380. The Kier molecular flexibility index (Phi) is 4.01. The summed E-state index contributed by atoms with van der Waals surface area (Å²) in [4.78, 5) is 0. The van der Waals surface area contributed by atoms with Gasteiger partial charge in [0.15, 0.2) is 0 Å². The van der Waals surface area contributed by atoms with E-state index in [2.05, 4.69) is 44.2 Å². The standard InChI is InChI=1S/C16H23N/c1-12(2)15-8-6-13(7-9-15)10-14-4-3-5-16(17)11-14/h6-10,12,16H,3-5,11,17H2,1-2H3/b14-10+. The van der Waals surface area contributed by atoms with Crippen molar-refractivity contribution < 1.29 is 0 Å². The molecule has 1 fully saturated rings. The summed E-state index contributed by atoms with van der Waals surface area (Å²) in [6.45, 7) is 4.46. The minimum Gasteiger partial charge on any atom is -0.327 e. The van der Waals surface area contributed by atoms with Crippen LogP contribution in [0.3, 0.4) is 0 Å². The molecular weight excluding hydrogens is 206 g/mol.